The van der Waals surface area contributed by atoms with Crippen LogP contribution in [0.15, 0.2) is 41.3 Å². The summed E-state index contributed by atoms with van der Waals surface area (Å²) in [7, 11) is 0. The minimum atomic E-state index is -0.0743. The van der Waals surface area contributed by atoms with Crippen LogP contribution in [0.1, 0.15) is 30.9 Å². The van der Waals surface area contributed by atoms with Gasteiger partial charge in [-0.15, -0.1) is 0 Å². The van der Waals surface area contributed by atoms with E-state index < -0.39 is 0 Å². The van der Waals surface area contributed by atoms with Gasteiger partial charge in [-0.2, -0.15) is 0 Å². The molecule has 1 amide bonds. The third-order valence-electron chi connectivity index (χ3n) is 5.19. The van der Waals surface area contributed by atoms with Crippen molar-refractivity contribution in [1.29, 1.82) is 0 Å². The van der Waals surface area contributed by atoms with E-state index in [0.29, 0.717) is 45.5 Å². The molecule has 2 fully saturated rings. The van der Waals surface area contributed by atoms with E-state index in [1.165, 1.54) is 11.8 Å². The molecule has 9 heteroatoms. The van der Waals surface area contributed by atoms with Crippen LogP contribution in [0.4, 0.5) is 0 Å². The molecule has 0 aromatic heterocycles. The van der Waals surface area contributed by atoms with Crippen LogP contribution in [0, 0.1) is 3.57 Å². The van der Waals surface area contributed by atoms with E-state index in [1.54, 1.807) is 4.90 Å². The van der Waals surface area contributed by atoms with Gasteiger partial charge in [0.1, 0.15) is 10.9 Å². The number of ether oxygens (including phenoxy) is 3. The molecule has 0 bridgehead atoms. The molecule has 2 aliphatic rings. The van der Waals surface area contributed by atoms with E-state index in [1.807, 2.05) is 49.4 Å². The molecule has 0 spiro atoms. The lowest BCUT2D eigenvalue weighted by atomic mass is 10.1. The predicted molar refractivity (Wildman–Crippen MR) is 145 cm³/mol. The van der Waals surface area contributed by atoms with Crippen LogP contribution in [-0.2, 0) is 16.1 Å². The highest BCUT2D eigenvalue weighted by Gasteiger charge is 2.34. The maximum atomic E-state index is 13.0. The number of carbonyl (C=O) groups excluding carboxylic acids is 1. The van der Waals surface area contributed by atoms with Crippen molar-refractivity contribution in [1.82, 2.24) is 4.90 Å². The number of hydrogen-bond donors (Lipinski definition) is 0. The average Bonchev–Trinajstić information content (AvgIpc) is 3.38. The van der Waals surface area contributed by atoms with Crippen molar-refractivity contribution in [3.05, 3.63) is 61.0 Å². The van der Waals surface area contributed by atoms with Crippen molar-refractivity contribution in [3.8, 4) is 11.5 Å². The van der Waals surface area contributed by atoms with Gasteiger partial charge < -0.3 is 14.2 Å². The van der Waals surface area contributed by atoms with Crippen molar-refractivity contribution in [2.45, 2.75) is 32.5 Å². The summed E-state index contributed by atoms with van der Waals surface area (Å²) in [5.74, 6) is 1.22. The number of carbonyl (C=O) groups is 1. The number of thiocarbonyl (C=S) groups is 1. The summed E-state index contributed by atoms with van der Waals surface area (Å²) >= 11 is 15.1. The smallest absolute Gasteiger partial charge is 0.266 e. The number of halogens is 2. The monoisotopic (exact) mass is 615 g/mol. The van der Waals surface area contributed by atoms with Crippen molar-refractivity contribution in [2.24, 2.45) is 0 Å². The third kappa shape index (κ3) is 6.22. The minimum Gasteiger partial charge on any atom is -0.490 e. The largest absolute Gasteiger partial charge is 0.490 e. The zero-order valence-corrected chi connectivity index (χ0v) is 22.6. The quantitative estimate of drug-likeness (QED) is 0.197. The molecule has 0 unspecified atom stereocenters. The van der Waals surface area contributed by atoms with E-state index in [-0.39, 0.29) is 12.0 Å². The normalized spacial score (nSPS) is 19.5. The topological polar surface area (TPSA) is 48.0 Å². The fourth-order valence-corrected chi connectivity index (χ4v) is 5.93. The lowest BCUT2D eigenvalue weighted by Crippen LogP contribution is -2.35. The summed E-state index contributed by atoms with van der Waals surface area (Å²) in [6.45, 7) is 4.06. The summed E-state index contributed by atoms with van der Waals surface area (Å²) in [4.78, 5) is 15.2. The molecular formula is C24H23ClINO4S2. The Morgan fingerprint density at radius 1 is 1.33 bits per heavy atom. The van der Waals surface area contributed by atoms with Crippen LogP contribution in [0.5, 0.6) is 11.5 Å². The van der Waals surface area contributed by atoms with Gasteiger partial charge in [0.25, 0.3) is 5.91 Å². The number of hydrogen-bond acceptors (Lipinski definition) is 6. The molecule has 0 N–H and O–H groups in total. The highest BCUT2D eigenvalue weighted by atomic mass is 127. The first-order valence-electron chi connectivity index (χ1n) is 10.6. The third-order valence-corrected chi connectivity index (χ3v) is 7.60. The van der Waals surface area contributed by atoms with Gasteiger partial charge >= 0.3 is 0 Å². The number of benzene rings is 2. The van der Waals surface area contributed by atoms with Crippen LogP contribution in [0.3, 0.4) is 0 Å². The molecule has 2 saturated heterocycles. The van der Waals surface area contributed by atoms with Gasteiger partial charge in [-0.05, 0) is 83.8 Å². The Balaban J connectivity index is 1.53. The van der Waals surface area contributed by atoms with Crippen molar-refractivity contribution < 1.29 is 19.0 Å². The first-order chi connectivity index (χ1) is 15.9. The lowest BCUT2D eigenvalue weighted by molar-refractivity contribution is -0.123. The van der Waals surface area contributed by atoms with Crippen LogP contribution in [-0.4, -0.2) is 41.0 Å². The van der Waals surface area contributed by atoms with E-state index >= 15 is 0 Å². The van der Waals surface area contributed by atoms with Gasteiger partial charge in [0.05, 0.1) is 27.7 Å². The number of rotatable bonds is 8. The van der Waals surface area contributed by atoms with Crippen LogP contribution in [0.2, 0.25) is 5.02 Å². The number of amides is 1. The first-order valence-corrected chi connectivity index (χ1v) is 13.3. The van der Waals surface area contributed by atoms with Gasteiger partial charge in [-0.3, -0.25) is 9.69 Å². The van der Waals surface area contributed by atoms with E-state index in [0.717, 1.165) is 34.1 Å². The molecule has 2 aromatic carbocycles. The molecule has 0 aliphatic carbocycles. The molecule has 174 valence electrons. The summed E-state index contributed by atoms with van der Waals surface area (Å²) < 4.78 is 19.1. The fraction of sp³-hybridized carbons (Fsp3) is 0.333. The lowest BCUT2D eigenvalue weighted by Gasteiger charge is -2.18. The molecular weight excluding hydrogens is 593 g/mol. The van der Waals surface area contributed by atoms with Crippen molar-refractivity contribution in [2.75, 3.05) is 19.8 Å². The van der Waals surface area contributed by atoms with Gasteiger partial charge in [0.2, 0.25) is 0 Å². The Kier molecular flexibility index (Phi) is 8.56. The summed E-state index contributed by atoms with van der Waals surface area (Å²) in [5, 5.41) is 0.669. The second-order valence-corrected chi connectivity index (χ2v) is 10.9. The molecule has 0 saturated carbocycles. The Labute approximate surface area is 221 Å². The summed E-state index contributed by atoms with van der Waals surface area (Å²) in [5.41, 5.74) is 1.83. The standard InChI is InChI=1S/C24H23ClINO4S2/c1-2-29-20-11-16(10-19(26)22(20)31-14-15-5-3-6-17(25)9-15)12-21-23(28)27(24(32)33-21)13-18-7-4-8-30-18/h3,5-6,9-12,18H,2,4,7-8,13-14H2,1H3/b21-12-/t18-/m0/s1. The number of thioether (sulfide) groups is 1. The second kappa shape index (κ2) is 11.4. The Morgan fingerprint density at radius 2 is 2.18 bits per heavy atom. The number of nitrogens with zero attached hydrogens (tertiary/aromatic N) is 1. The van der Waals surface area contributed by atoms with Crippen molar-refractivity contribution >= 4 is 74.5 Å². The molecule has 0 radical (unpaired) electrons. The zero-order chi connectivity index (χ0) is 23.4. The Bertz CT molecular complexity index is 1090. The second-order valence-electron chi connectivity index (χ2n) is 7.61. The van der Waals surface area contributed by atoms with E-state index in [2.05, 4.69) is 22.6 Å². The maximum absolute atomic E-state index is 13.0. The first kappa shape index (κ1) is 24.8. The molecule has 5 nitrogen and oxygen atoms in total. The van der Waals surface area contributed by atoms with Crippen LogP contribution < -0.4 is 9.47 Å². The molecule has 2 aliphatic heterocycles. The molecule has 33 heavy (non-hydrogen) atoms. The minimum absolute atomic E-state index is 0.0632. The Morgan fingerprint density at radius 3 is 2.91 bits per heavy atom. The average molecular weight is 616 g/mol. The zero-order valence-electron chi connectivity index (χ0n) is 18.0. The summed E-state index contributed by atoms with van der Waals surface area (Å²) in [6, 6.07) is 11.4. The van der Waals surface area contributed by atoms with Crippen molar-refractivity contribution in [3.63, 3.8) is 0 Å². The predicted octanol–water partition coefficient (Wildman–Crippen LogP) is 6.30. The summed E-state index contributed by atoms with van der Waals surface area (Å²) in [6.07, 6.45) is 3.91. The van der Waals surface area contributed by atoms with Gasteiger partial charge in [-0.1, -0.05) is 47.7 Å². The molecule has 2 aromatic rings. The van der Waals surface area contributed by atoms with E-state index in [4.69, 9.17) is 38.0 Å². The fourth-order valence-electron chi connectivity index (χ4n) is 3.66. The SMILES string of the molecule is CCOc1cc(/C=C2\SC(=S)N(C[C@@H]3CCCO3)C2=O)cc(I)c1OCc1cccc(Cl)c1. The van der Waals surface area contributed by atoms with Gasteiger partial charge in [-0.25, -0.2) is 0 Å². The van der Waals surface area contributed by atoms with E-state index in [9.17, 15) is 4.79 Å². The van der Waals surface area contributed by atoms with Crippen LogP contribution >= 0.6 is 58.2 Å². The van der Waals surface area contributed by atoms with Gasteiger partial charge in [0, 0.05) is 11.6 Å². The molecule has 4 rings (SSSR count). The maximum Gasteiger partial charge on any atom is 0.266 e. The highest BCUT2D eigenvalue weighted by Crippen LogP contribution is 2.38. The molecule has 1 atom stereocenters. The highest BCUT2D eigenvalue weighted by molar-refractivity contribution is 14.1. The van der Waals surface area contributed by atoms with Gasteiger partial charge in [0.15, 0.2) is 11.5 Å². The molecule has 2 heterocycles. The van der Waals surface area contributed by atoms with Crippen LogP contribution in [0.25, 0.3) is 6.08 Å². The Hall–Kier alpha value is -1.33.